The van der Waals surface area contributed by atoms with Gasteiger partial charge in [0.25, 0.3) is 0 Å². The average Bonchev–Trinajstić information content (AvgIpc) is 2.65. The molecule has 4 nitrogen and oxygen atoms in total. The van der Waals surface area contributed by atoms with Crippen LogP contribution in [0.4, 0.5) is 13.2 Å². The second-order valence-corrected chi connectivity index (χ2v) is 3.22. The van der Waals surface area contributed by atoms with Gasteiger partial charge >= 0.3 is 5.97 Å². The topological polar surface area (TPSA) is 66.0 Å². The number of halogens is 3. The van der Waals surface area contributed by atoms with Crippen molar-refractivity contribution in [1.29, 1.82) is 0 Å². The van der Waals surface area contributed by atoms with Crippen LogP contribution in [0.1, 0.15) is 10.5 Å². The van der Waals surface area contributed by atoms with E-state index in [1.54, 1.807) is 0 Å². The lowest BCUT2D eigenvalue weighted by Gasteiger charge is -2.01. The van der Waals surface area contributed by atoms with Crippen molar-refractivity contribution in [1.82, 2.24) is 10.2 Å². The maximum absolute atomic E-state index is 13.3. The molecule has 2 N–H and O–H groups in total. The molecule has 0 aliphatic heterocycles. The molecule has 2 rings (SSSR count). The van der Waals surface area contributed by atoms with Crippen LogP contribution in [0.15, 0.2) is 18.2 Å². The zero-order chi connectivity index (χ0) is 12.6. The molecule has 0 fully saturated rings. The first-order valence-corrected chi connectivity index (χ1v) is 4.42. The molecule has 1 heterocycles. The fourth-order valence-corrected chi connectivity index (χ4v) is 1.35. The van der Waals surface area contributed by atoms with Crippen LogP contribution in [0.3, 0.4) is 0 Å². The predicted octanol–water partition coefficient (Wildman–Crippen LogP) is 2.19. The summed E-state index contributed by atoms with van der Waals surface area (Å²) >= 11 is 0. The van der Waals surface area contributed by atoms with Crippen LogP contribution in [-0.2, 0) is 0 Å². The van der Waals surface area contributed by atoms with E-state index in [9.17, 15) is 18.0 Å². The zero-order valence-corrected chi connectivity index (χ0v) is 8.17. The van der Waals surface area contributed by atoms with E-state index >= 15 is 0 Å². The van der Waals surface area contributed by atoms with E-state index in [0.29, 0.717) is 12.1 Å². The number of aromatic nitrogens is 2. The van der Waals surface area contributed by atoms with Crippen LogP contribution in [0.5, 0.6) is 0 Å². The Kier molecular flexibility index (Phi) is 2.58. The Morgan fingerprint density at radius 3 is 2.24 bits per heavy atom. The molecule has 17 heavy (non-hydrogen) atoms. The number of carboxylic acids is 1. The third-order valence-electron chi connectivity index (χ3n) is 2.07. The normalized spacial score (nSPS) is 10.5. The van der Waals surface area contributed by atoms with Gasteiger partial charge in [-0.05, 0) is 6.07 Å². The van der Waals surface area contributed by atoms with Crippen molar-refractivity contribution in [2.45, 2.75) is 0 Å². The third-order valence-corrected chi connectivity index (χ3v) is 2.07. The summed E-state index contributed by atoms with van der Waals surface area (Å²) in [6.07, 6.45) is 0. The minimum atomic E-state index is -1.31. The number of hydrogen-bond donors (Lipinski definition) is 2. The number of aromatic amines is 1. The molecule has 0 amide bonds. The Labute approximate surface area is 92.7 Å². The van der Waals surface area contributed by atoms with Crippen molar-refractivity contribution in [3.63, 3.8) is 0 Å². The van der Waals surface area contributed by atoms with Crippen LogP contribution in [0.25, 0.3) is 11.3 Å². The van der Waals surface area contributed by atoms with Crippen molar-refractivity contribution in [2.75, 3.05) is 0 Å². The maximum atomic E-state index is 13.3. The van der Waals surface area contributed by atoms with Crippen LogP contribution >= 0.6 is 0 Å². The fourth-order valence-electron chi connectivity index (χ4n) is 1.35. The van der Waals surface area contributed by atoms with Crippen molar-refractivity contribution < 1.29 is 23.1 Å². The Morgan fingerprint density at radius 2 is 1.76 bits per heavy atom. The summed E-state index contributed by atoms with van der Waals surface area (Å²) in [6, 6.07) is 1.95. The number of nitrogens with zero attached hydrogens (tertiary/aromatic N) is 1. The summed E-state index contributed by atoms with van der Waals surface area (Å²) in [5.74, 6) is -4.67. The summed E-state index contributed by atoms with van der Waals surface area (Å²) in [4.78, 5) is 10.6. The van der Waals surface area contributed by atoms with Gasteiger partial charge in [-0.1, -0.05) is 0 Å². The Bertz CT molecular complexity index is 572. The molecule has 0 spiro atoms. The molecule has 1 aromatic heterocycles. The zero-order valence-electron chi connectivity index (χ0n) is 8.17. The van der Waals surface area contributed by atoms with Gasteiger partial charge in [-0.3, -0.25) is 5.10 Å². The molecule has 0 aliphatic rings. The van der Waals surface area contributed by atoms with Crippen molar-refractivity contribution in [2.24, 2.45) is 0 Å². The fraction of sp³-hybridized carbons (Fsp3) is 0. The summed E-state index contributed by atoms with van der Waals surface area (Å²) in [5.41, 5.74) is -1.13. The monoisotopic (exact) mass is 242 g/mol. The quantitative estimate of drug-likeness (QED) is 0.848. The van der Waals surface area contributed by atoms with Crippen LogP contribution < -0.4 is 0 Å². The lowest BCUT2D eigenvalue weighted by molar-refractivity contribution is 0.0690. The summed E-state index contributed by atoms with van der Waals surface area (Å²) in [5, 5.41) is 14.2. The van der Waals surface area contributed by atoms with E-state index in [4.69, 9.17) is 5.11 Å². The van der Waals surface area contributed by atoms with Gasteiger partial charge in [-0.15, -0.1) is 0 Å². The van der Waals surface area contributed by atoms with Crippen LogP contribution in [0, 0.1) is 17.5 Å². The van der Waals surface area contributed by atoms with Gasteiger partial charge in [0.05, 0.1) is 11.3 Å². The number of carbonyl (C=O) groups is 1. The highest BCUT2D eigenvalue weighted by molar-refractivity contribution is 5.86. The first-order valence-electron chi connectivity index (χ1n) is 4.42. The molecule has 0 aliphatic carbocycles. The Hall–Kier alpha value is -2.31. The highest BCUT2D eigenvalue weighted by atomic mass is 19.1. The van der Waals surface area contributed by atoms with Crippen LogP contribution in [-0.4, -0.2) is 21.3 Å². The molecule has 0 saturated carbocycles. The Morgan fingerprint density at radius 1 is 1.18 bits per heavy atom. The highest BCUT2D eigenvalue weighted by Crippen LogP contribution is 2.25. The van der Waals surface area contributed by atoms with Gasteiger partial charge in [0.1, 0.15) is 23.1 Å². The van der Waals surface area contributed by atoms with E-state index < -0.39 is 29.0 Å². The van der Waals surface area contributed by atoms with Gasteiger partial charge in [-0.25, -0.2) is 18.0 Å². The van der Waals surface area contributed by atoms with Gasteiger partial charge in [-0.2, -0.15) is 5.10 Å². The molecule has 2 aromatic rings. The number of hydrogen-bond acceptors (Lipinski definition) is 2. The Balaban J connectivity index is 2.56. The average molecular weight is 242 g/mol. The first-order chi connectivity index (χ1) is 7.99. The molecule has 0 saturated heterocycles. The van der Waals surface area contributed by atoms with E-state index in [1.807, 2.05) is 0 Å². The minimum absolute atomic E-state index is 0.239. The van der Waals surface area contributed by atoms with Gasteiger partial charge in [0.2, 0.25) is 0 Å². The third kappa shape index (κ3) is 1.99. The molecule has 0 unspecified atom stereocenters. The predicted molar refractivity (Wildman–Crippen MR) is 50.9 cm³/mol. The van der Waals surface area contributed by atoms with Crippen molar-refractivity contribution in [3.05, 3.63) is 41.3 Å². The number of H-pyrrole nitrogens is 1. The molecule has 0 bridgehead atoms. The standard InChI is InChI=1S/C10H5F3N2O2/c11-4-1-5(12)9(6(13)2-4)7-3-8(10(16)17)15-14-7/h1-3H,(H,14,15)(H,16,17). The van der Waals surface area contributed by atoms with E-state index in [-0.39, 0.29) is 11.4 Å². The summed E-state index contributed by atoms with van der Waals surface area (Å²) in [7, 11) is 0. The number of carboxylic acid groups (broad SMARTS) is 1. The lowest BCUT2D eigenvalue weighted by Crippen LogP contribution is -1.95. The molecular formula is C10H5F3N2O2. The molecule has 0 radical (unpaired) electrons. The highest BCUT2D eigenvalue weighted by Gasteiger charge is 2.17. The summed E-state index contributed by atoms with van der Waals surface area (Å²) < 4.78 is 39.3. The second-order valence-electron chi connectivity index (χ2n) is 3.22. The lowest BCUT2D eigenvalue weighted by atomic mass is 10.1. The van der Waals surface area contributed by atoms with Gasteiger partial charge < -0.3 is 5.11 Å². The van der Waals surface area contributed by atoms with Gasteiger partial charge in [0, 0.05) is 12.1 Å². The van der Waals surface area contributed by atoms with Gasteiger partial charge in [0.15, 0.2) is 0 Å². The molecule has 1 aromatic carbocycles. The van der Waals surface area contributed by atoms with E-state index in [0.717, 1.165) is 6.07 Å². The van der Waals surface area contributed by atoms with Crippen LogP contribution in [0.2, 0.25) is 0 Å². The number of aromatic carboxylic acids is 1. The number of benzene rings is 1. The number of rotatable bonds is 2. The first kappa shape index (κ1) is 11.2. The largest absolute Gasteiger partial charge is 0.477 e. The molecule has 88 valence electrons. The smallest absolute Gasteiger partial charge is 0.353 e. The molecule has 7 heteroatoms. The SMILES string of the molecule is O=C(O)c1cc(-c2c(F)cc(F)cc2F)n[nH]1. The molecule has 0 atom stereocenters. The second kappa shape index (κ2) is 3.93. The summed E-state index contributed by atoms with van der Waals surface area (Å²) in [6.45, 7) is 0. The van der Waals surface area contributed by atoms with E-state index in [1.165, 1.54) is 0 Å². The van der Waals surface area contributed by atoms with E-state index in [2.05, 4.69) is 10.2 Å². The molecular weight excluding hydrogens is 237 g/mol. The van der Waals surface area contributed by atoms with Crippen molar-refractivity contribution >= 4 is 5.97 Å². The minimum Gasteiger partial charge on any atom is -0.477 e. The maximum Gasteiger partial charge on any atom is 0.353 e. The van der Waals surface area contributed by atoms with Crippen molar-refractivity contribution in [3.8, 4) is 11.3 Å². The number of nitrogens with one attached hydrogen (secondary N) is 1.